The van der Waals surface area contributed by atoms with Crippen LogP contribution in [-0.4, -0.2) is 15.0 Å². The molecule has 0 radical (unpaired) electrons. The average Bonchev–Trinajstić information content (AvgIpc) is 2.74. The van der Waals surface area contributed by atoms with E-state index in [0.29, 0.717) is 0 Å². The first-order chi connectivity index (χ1) is 8.33. The minimum absolute atomic E-state index is 0.802. The van der Waals surface area contributed by atoms with E-state index in [-0.39, 0.29) is 0 Å². The van der Waals surface area contributed by atoms with Gasteiger partial charge in [-0.15, -0.1) is 0 Å². The second-order valence-corrected chi connectivity index (χ2v) is 4.17. The van der Waals surface area contributed by atoms with Gasteiger partial charge in [0.05, 0.1) is 5.52 Å². The van der Waals surface area contributed by atoms with E-state index in [1.54, 1.807) is 6.20 Å². The molecule has 0 spiro atoms. The minimum atomic E-state index is 0.802. The standard InChI is InChI=1S/C14H13N3/c1-10-7-8-15-14-13(10)16-12(17-14)9-11-5-3-2-4-6-11/h2-8H,9H2,1H3,(H,15,16,17). The van der Waals surface area contributed by atoms with Gasteiger partial charge in [-0.2, -0.15) is 0 Å². The zero-order valence-corrected chi connectivity index (χ0v) is 9.64. The highest BCUT2D eigenvalue weighted by Crippen LogP contribution is 2.14. The number of hydrogen-bond donors (Lipinski definition) is 1. The maximum atomic E-state index is 4.50. The summed E-state index contributed by atoms with van der Waals surface area (Å²) >= 11 is 0. The first-order valence-corrected chi connectivity index (χ1v) is 5.67. The van der Waals surface area contributed by atoms with Crippen molar-refractivity contribution in [3.8, 4) is 0 Å². The van der Waals surface area contributed by atoms with Crippen LogP contribution in [0.2, 0.25) is 0 Å². The molecule has 3 rings (SSSR count). The van der Waals surface area contributed by atoms with Gasteiger partial charge < -0.3 is 4.98 Å². The normalized spacial score (nSPS) is 10.9. The number of aromatic nitrogens is 3. The molecular formula is C14H13N3. The van der Waals surface area contributed by atoms with E-state index in [1.165, 1.54) is 11.1 Å². The van der Waals surface area contributed by atoms with Crippen LogP contribution in [0.5, 0.6) is 0 Å². The summed E-state index contributed by atoms with van der Waals surface area (Å²) in [5.74, 6) is 0.966. The molecule has 3 heteroatoms. The Labute approximate surface area is 99.5 Å². The van der Waals surface area contributed by atoms with E-state index in [2.05, 4.69) is 34.0 Å². The smallest absolute Gasteiger partial charge is 0.177 e. The van der Waals surface area contributed by atoms with Crippen molar-refractivity contribution in [1.82, 2.24) is 15.0 Å². The molecule has 1 aromatic carbocycles. The van der Waals surface area contributed by atoms with Crippen molar-refractivity contribution in [2.45, 2.75) is 13.3 Å². The van der Waals surface area contributed by atoms with Gasteiger partial charge in [-0.05, 0) is 24.1 Å². The molecule has 0 unspecified atom stereocenters. The van der Waals surface area contributed by atoms with E-state index in [9.17, 15) is 0 Å². The molecule has 0 atom stereocenters. The molecule has 0 fully saturated rings. The molecule has 2 aromatic heterocycles. The highest BCUT2D eigenvalue weighted by molar-refractivity contribution is 5.74. The van der Waals surface area contributed by atoms with Crippen LogP contribution in [-0.2, 0) is 6.42 Å². The third-order valence-electron chi connectivity index (χ3n) is 2.86. The Hall–Kier alpha value is -2.16. The van der Waals surface area contributed by atoms with Gasteiger partial charge in [-0.3, -0.25) is 0 Å². The van der Waals surface area contributed by atoms with Crippen LogP contribution in [0.15, 0.2) is 42.6 Å². The number of hydrogen-bond acceptors (Lipinski definition) is 2. The van der Waals surface area contributed by atoms with Crippen molar-refractivity contribution < 1.29 is 0 Å². The van der Waals surface area contributed by atoms with Crippen LogP contribution in [0, 0.1) is 6.92 Å². The molecule has 0 saturated heterocycles. The van der Waals surface area contributed by atoms with Gasteiger partial charge in [-0.1, -0.05) is 30.3 Å². The SMILES string of the molecule is Cc1ccnc2nc(Cc3ccccc3)[nH]c12. The minimum Gasteiger partial charge on any atom is -0.340 e. The van der Waals surface area contributed by atoms with Crippen molar-refractivity contribution in [1.29, 1.82) is 0 Å². The highest BCUT2D eigenvalue weighted by atomic mass is 15.0. The maximum absolute atomic E-state index is 4.50. The Kier molecular flexibility index (Phi) is 2.37. The summed E-state index contributed by atoms with van der Waals surface area (Å²) in [6, 6.07) is 12.3. The average molecular weight is 223 g/mol. The van der Waals surface area contributed by atoms with Gasteiger partial charge in [0.1, 0.15) is 5.82 Å². The zero-order chi connectivity index (χ0) is 11.7. The van der Waals surface area contributed by atoms with E-state index in [0.717, 1.165) is 23.4 Å². The molecule has 0 aliphatic heterocycles. The molecule has 0 aliphatic rings. The summed E-state index contributed by atoms with van der Waals surface area (Å²) in [6.45, 7) is 2.06. The topological polar surface area (TPSA) is 41.6 Å². The molecule has 3 nitrogen and oxygen atoms in total. The Morgan fingerprint density at radius 3 is 2.71 bits per heavy atom. The molecule has 84 valence electrons. The number of nitrogens with one attached hydrogen (secondary N) is 1. The summed E-state index contributed by atoms with van der Waals surface area (Å²) in [4.78, 5) is 12.1. The number of fused-ring (bicyclic) bond motifs is 1. The summed E-state index contributed by atoms with van der Waals surface area (Å²) in [7, 11) is 0. The second-order valence-electron chi connectivity index (χ2n) is 4.17. The Balaban J connectivity index is 1.99. The summed E-state index contributed by atoms with van der Waals surface area (Å²) in [5, 5.41) is 0. The quantitative estimate of drug-likeness (QED) is 0.725. The Morgan fingerprint density at radius 2 is 1.94 bits per heavy atom. The first kappa shape index (κ1) is 10.0. The van der Waals surface area contributed by atoms with Gasteiger partial charge in [0.2, 0.25) is 0 Å². The van der Waals surface area contributed by atoms with Crippen LogP contribution in [0.3, 0.4) is 0 Å². The predicted molar refractivity (Wildman–Crippen MR) is 67.9 cm³/mol. The van der Waals surface area contributed by atoms with Crippen molar-refractivity contribution in [2.24, 2.45) is 0 Å². The fraction of sp³-hybridized carbons (Fsp3) is 0.143. The molecule has 0 saturated carbocycles. The van der Waals surface area contributed by atoms with Gasteiger partial charge in [0.25, 0.3) is 0 Å². The third kappa shape index (κ3) is 1.91. The molecule has 0 bridgehead atoms. The lowest BCUT2D eigenvalue weighted by atomic mass is 10.1. The van der Waals surface area contributed by atoms with Gasteiger partial charge in [0.15, 0.2) is 5.65 Å². The Morgan fingerprint density at radius 1 is 1.12 bits per heavy atom. The monoisotopic (exact) mass is 223 g/mol. The molecule has 0 amide bonds. The molecule has 1 N–H and O–H groups in total. The van der Waals surface area contributed by atoms with Crippen LogP contribution in [0.1, 0.15) is 17.0 Å². The molecule has 17 heavy (non-hydrogen) atoms. The lowest BCUT2D eigenvalue weighted by Crippen LogP contribution is -1.89. The lowest BCUT2D eigenvalue weighted by molar-refractivity contribution is 1.03. The number of pyridine rings is 1. The van der Waals surface area contributed by atoms with Gasteiger partial charge in [-0.25, -0.2) is 9.97 Å². The number of rotatable bonds is 2. The largest absolute Gasteiger partial charge is 0.340 e. The maximum Gasteiger partial charge on any atom is 0.177 e. The third-order valence-corrected chi connectivity index (χ3v) is 2.86. The van der Waals surface area contributed by atoms with E-state index in [4.69, 9.17) is 0 Å². The van der Waals surface area contributed by atoms with Gasteiger partial charge in [0, 0.05) is 12.6 Å². The zero-order valence-electron chi connectivity index (χ0n) is 9.64. The number of aryl methyl sites for hydroxylation is 1. The fourth-order valence-corrected chi connectivity index (χ4v) is 1.96. The molecule has 3 aromatic rings. The van der Waals surface area contributed by atoms with Crippen LogP contribution in [0.25, 0.3) is 11.2 Å². The van der Waals surface area contributed by atoms with E-state index >= 15 is 0 Å². The molecule has 2 heterocycles. The van der Waals surface area contributed by atoms with Crippen molar-refractivity contribution in [3.63, 3.8) is 0 Å². The number of nitrogens with zero attached hydrogens (tertiary/aromatic N) is 2. The number of H-pyrrole nitrogens is 1. The second kappa shape index (κ2) is 4.01. The van der Waals surface area contributed by atoms with Crippen molar-refractivity contribution in [2.75, 3.05) is 0 Å². The summed E-state index contributed by atoms with van der Waals surface area (Å²) in [6.07, 6.45) is 2.61. The number of aromatic amines is 1. The predicted octanol–water partition coefficient (Wildman–Crippen LogP) is 2.86. The molecular weight excluding hydrogens is 210 g/mol. The number of benzene rings is 1. The van der Waals surface area contributed by atoms with E-state index in [1.807, 2.05) is 24.3 Å². The molecule has 0 aliphatic carbocycles. The Bertz CT molecular complexity index is 641. The van der Waals surface area contributed by atoms with Crippen molar-refractivity contribution in [3.05, 3.63) is 59.5 Å². The van der Waals surface area contributed by atoms with E-state index < -0.39 is 0 Å². The highest BCUT2D eigenvalue weighted by Gasteiger charge is 2.05. The summed E-state index contributed by atoms with van der Waals surface area (Å²) < 4.78 is 0. The van der Waals surface area contributed by atoms with Crippen molar-refractivity contribution >= 4 is 11.2 Å². The van der Waals surface area contributed by atoms with Crippen LogP contribution in [0.4, 0.5) is 0 Å². The van der Waals surface area contributed by atoms with Crippen LogP contribution < -0.4 is 0 Å². The van der Waals surface area contributed by atoms with Gasteiger partial charge >= 0.3 is 0 Å². The first-order valence-electron chi connectivity index (χ1n) is 5.67. The fourth-order valence-electron chi connectivity index (χ4n) is 1.96. The number of imidazole rings is 1. The summed E-state index contributed by atoms with van der Waals surface area (Å²) in [5.41, 5.74) is 4.28. The lowest BCUT2D eigenvalue weighted by Gasteiger charge is -1.96. The van der Waals surface area contributed by atoms with Crippen LogP contribution >= 0.6 is 0 Å².